The average Bonchev–Trinajstić information content (AvgIpc) is 3.24. The van der Waals surface area contributed by atoms with Gasteiger partial charge in [-0.2, -0.15) is 0 Å². The zero-order valence-electron chi connectivity index (χ0n) is 13.9. The molecule has 0 amide bonds. The van der Waals surface area contributed by atoms with Crippen LogP contribution in [0.25, 0.3) is 0 Å². The van der Waals surface area contributed by atoms with Gasteiger partial charge in [-0.3, -0.25) is 0 Å². The Kier molecular flexibility index (Phi) is 5.65. The van der Waals surface area contributed by atoms with E-state index in [-0.39, 0.29) is 6.04 Å². The molecule has 1 aliphatic rings. The minimum absolute atomic E-state index is 0.213. The molecule has 1 aliphatic carbocycles. The number of anilines is 1. The Morgan fingerprint density at radius 2 is 2.05 bits per heavy atom. The van der Waals surface area contributed by atoms with Crippen molar-refractivity contribution in [2.24, 2.45) is 11.7 Å². The van der Waals surface area contributed by atoms with E-state index >= 15 is 0 Å². The largest absolute Gasteiger partial charge is 0.383 e. The highest BCUT2D eigenvalue weighted by Gasteiger charge is 2.32. The standard InChI is InChI=1S/C18H30N2O/c1-13-11-16(12-14(2)19)5-8-18(13)20(9-10-21-4)15(3)17-6-7-17/h5,8,11,14-15,17H,6-7,9-10,12,19H2,1-4H3. The summed E-state index contributed by atoms with van der Waals surface area (Å²) in [7, 11) is 1.78. The SMILES string of the molecule is COCCN(c1ccc(CC(C)N)cc1C)C(C)C1CC1. The first-order valence-electron chi connectivity index (χ1n) is 8.13. The Morgan fingerprint density at radius 3 is 2.57 bits per heavy atom. The molecular weight excluding hydrogens is 260 g/mol. The average molecular weight is 290 g/mol. The number of nitrogens with zero attached hydrogens (tertiary/aromatic N) is 1. The van der Waals surface area contributed by atoms with Crippen LogP contribution in [-0.2, 0) is 11.2 Å². The van der Waals surface area contributed by atoms with Crippen LogP contribution in [0.2, 0.25) is 0 Å². The molecule has 1 aromatic rings. The molecule has 21 heavy (non-hydrogen) atoms. The third-order valence-corrected chi connectivity index (χ3v) is 4.46. The first-order valence-corrected chi connectivity index (χ1v) is 8.13. The molecule has 0 heterocycles. The highest BCUT2D eigenvalue weighted by atomic mass is 16.5. The Hall–Kier alpha value is -1.06. The summed E-state index contributed by atoms with van der Waals surface area (Å²) in [6.45, 7) is 8.35. The highest BCUT2D eigenvalue weighted by Crippen LogP contribution is 2.37. The molecule has 118 valence electrons. The summed E-state index contributed by atoms with van der Waals surface area (Å²) in [5.41, 5.74) is 9.93. The predicted molar refractivity (Wildman–Crippen MR) is 89.9 cm³/mol. The Labute approximate surface area is 129 Å². The van der Waals surface area contributed by atoms with Gasteiger partial charge in [-0.1, -0.05) is 12.1 Å². The second kappa shape index (κ2) is 7.28. The summed E-state index contributed by atoms with van der Waals surface area (Å²) in [5.74, 6) is 0.852. The lowest BCUT2D eigenvalue weighted by molar-refractivity contribution is 0.202. The number of nitrogens with two attached hydrogens (primary N) is 1. The summed E-state index contributed by atoms with van der Waals surface area (Å²) in [4.78, 5) is 2.52. The number of rotatable bonds is 8. The maximum Gasteiger partial charge on any atom is 0.0637 e. The van der Waals surface area contributed by atoms with E-state index in [1.807, 2.05) is 0 Å². The molecule has 0 bridgehead atoms. The van der Waals surface area contributed by atoms with E-state index in [1.54, 1.807) is 7.11 Å². The van der Waals surface area contributed by atoms with Gasteiger partial charge in [-0.25, -0.2) is 0 Å². The third-order valence-electron chi connectivity index (χ3n) is 4.46. The second-order valence-corrected chi connectivity index (χ2v) is 6.57. The van der Waals surface area contributed by atoms with E-state index < -0.39 is 0 Å². The Bertz CT molecular complexity index is 455. The lowest BCUT2D eigenvalue weighted by Crippen LogP contribution is -2.37. The molecule has 3 nitrogen and oxygen atoms in total. The van der Waals surface area contributed by atoms with Gasteiger partial charge in [-0.05, 0) is 63.1 Å². The predicted octanol–water partition coefficient (Wildman–Crippen LogP) is 3.14. The molecule has 0 aromatic heterocycles. The van der Waals surface area contributed by atoms with Gasteiger partial charge in [0.2, 0.25) is 0 Å². The van der Waals surface area contributed by atoms with Gasteiger partial charge in [0.05, 0.1) is 6.61 Å². The zero-order valence-corrected chi connectivity index (χ0v) is 13.9. The quantitative estimate of drug-likeness (QED) is 0.799. The van der Waals surface area contributed by atoms with E-state index in [2.05, 4.69) is 43.9 Å². The van der Waals surface area contributed by atoms with Crippen molar-refractivity contribution < 1.29 is 4.74 Å². The Morgan fingerprint density at radius 1 is 1.33 bits per heavy atom. The molecule has 1 aromatic carbocycles. The van der Waals surface area contributed by atoms with E-state index in [0.717, 1.165) is 25.5 Å². The number of methoxy groups -OCH3 is 1. The first kappa shape index (κ1) is 16.3. The van der Waals surface area contributed by atoms with Crippen molar-refractivity contribution in [3.05, 3.63) is 29.3 Å². The molecule has 1 saturated carbocycles. The van der Waals surface area contributed by atoms with Crippen molar-refractivity contribution in [1.29, 1.82) is 0 Å². The molecular formula is C18H30N2O. The molecule has 0 spiro atoms. The lowest BCUT2D eigenvalue weighted by Gasteiger charge is -2.33. The number of hydrogen-bond acceptors (Lipinski definition) is 3. The van der Waals surface area contributed by atoms with Crippen LogP contribution in [0.1, 0.15) is 37.8 Å². The molecule has 2 atom stereocenters. The van der Waals surface area contributed by atoms with E-state index in [4.69, 9.17) is 10.5 Å². The van der Waals surface area contributed by atoms with Gasteiger partial charge >= 0.3 is 0 Å². The van der Waals surface area contributed by atoms with E-state index in [1.165, 1.54) is 29.7 Å². The second-order valence-electron chi connectivity index (χ2n) is 6.57. The smallest absolute Gasteiger partial charge is 0.0637 e. The Balaban J connectivity index is 2.17. The monoisotopic (exact) mass is 290 g/mol. The van der Waals surface area contributed by atoms with Crippen molar-refractivity contribution in [3.8, 4) is 0 Å². The molecule has 0 radical (unpaired) electrons. The van der Waals surface area contributed by atoms with Crippen LogP contribution in [0.15, 0.2) is 18.2 Å². The third kappa shape index (κ3) is 4.45. The molecule has 2 rings (SSSR count). The van der Waals surface area contributed by atoms with Crippen LogP contribution in [0.3, 0.4) is 0 Å². The van der Waals surface area contributed by atoms with Crippen LogP contribution in [0, 0.1) is 12.8 Å². The van der Waals surface area contributed by atoms with Gasteiger partial charge in [0.1, 0.15) is 0 Å². The summed E-state index contributed by atoms with van der Waals surface area (Å²) in [6, 6.07) is 7.59. The summed E-state index contributed by atoms with van der Waals surface area (Å²) in [5, 5.41) is 0. The van der Waals surface area contributed by atoms with Crippen molar-refractivity contribution in [2.45, 2.75) is 52.1 Å². The topological polar surface area (TPSA) is 38.5 Å². The zero-order chi connectivity index (χ0) is 15.4. The summed E-state index contributed by atoms with van der Waals surface area (Å²) in [6.07, 6.45) is 3.68. The molecule has 1 fully saturated rings. The van der Waals surface area contributed by atoms with Crippen molar-refractivity contribution in [2.75, 3.05) is 25.2 Å². The molecule has 0 saturated heterocycles. The van der Waals surface area contributed by atoms with Crippen LogP contribution >= 0.6 is 0 Å². The van der Waals surface area contributed by atoms with E-state index in [0.29, 0.717) is 6.04 Å². The van der Waals surface area contributed by atoms with Crippen molar-refractivity contribution in [3.63, 3.8) is 0 Å². The van der Waals surface area contributed by atoms with Crippen LogP contribution in [-0.4, -0.2) is 32.3 Å². The summed E-state index contributed by atoms with van der Waals surface area (Å²) >= 11 is 0. The maximum absolute atomic E-state index is 5.91. The maximum atomic E-state index is 5.91. The fourth-order valence-electron chi connectivity index (χ4n) is 3.10. The van der Waals surface area contributed by atoms with Crippen LogP contribution in [0.5, 0.6) is 0 Å². The van der Waals surface area contributed by atoms with E-state index in [9.17, 15) is 0 Å². The molecule has 3 heteroatoms. The van der Waals surface area contributed by atoms with Gasteiger partial charge in [-0.15, -0.1) is 0 Å². The highest BCUT2D eigenvalue weighted by molar-refractivity contribution is 5.55. The summed E-state index contributed by atoms with van der Waals surface area (Å²) < 4.78 is 5.30. The van der Waals surface area contributed by atoms with Gasteiger partial charge in [0.25, 0.3) is 0 Å². The number of benzene rings is 1. The molecule has 2 N–H and O–H groups in total. The van der Waals surface area contributed by atoms with Crippen molar-refractivity contribution >= 4 is 5.69 Å². The minimum Gasteiger partial charge on any atom is -0.383 e. The lowest BCUT2D eigenvalue weighted by atomic mass is 10.0. The molecule has 2 unspecified atom stereocenters. The van der Waals surface area contributed by atoms with Gasteiger partial charge in [0.15, 0.2) is 0 Å². The van der Waals surface area contributed by atoms with Crippen molar-refractivity contribution in [1.82, 2.24) is 0 Å². The van der Waals surface area contributed by atoms with Crippen LogP contribution < -0.4 is 10.6 Å². The number of aryl methyl sites for hydroxylation is 1. The fourth-order valence-corrected chi connectivity index (χ4v) is 3.10. The van der Waals surface area contributed by atoms with Crippen LogP contribution in [0.4, 0.5) is 5.69 Å². The van der Waals surface area contributed by atoms with Gasteiger partial charge in [0, 0.05) is 31.4 Å². The van der Waals surface area contributed by atoms with Gasteiger partial charge < -0.3 is 15.4 Å². The molecule has 0 aliphatic heterocycles. The number of ether oxygens (including phenoxy) is 1. The number of hydrogen-bond donors (Lipinski definition) is 1. The normalized spacial score (nSPS) is 17.6. The first-order chi connectivity index (χ1) is 10.0. The minimum atomic E-state index is 0.213. The fraction of sp³-hybridized carbons (Fsp3) is 0.667.